The van der Waals surface area contributed by atoms with Gasteiger partial charge in [0, 0.05) is 6.04 Å². The second kappa shape index (κ2) is 9.63. The monoisotopic (exact) mass is 384 g/mol. The molecule has 0 radical (unpaired) electrons. The van der Waals surface area contributed by atoms with E-state index in [1.807, 2.05) is 30.3 Å². The predicted octanol–water partition coefficient (Wildman–Crippen LogP) is 3.21. The lowest BCUT2D eigenvalue weighted by Crippen LogP contribution is -2.31. The lowest BCUT2D eigenvalue weighted by Gasteiger charge is -2.17. The molecule has 1 aromatic heterocycles. The third-order valence-corrected chi connectivity index (χ3v) is 4.73. The number of hydrogen-bond acceptors (Lipinski definition) is 7. The molecule has 1 saturated carbocycles. The minimum Gasteiger partial charge on any atom is -0.361 e. The molecule has 148 valence electrons. The maximum absolute atomic E-state index is 12.1. The van der Waals surface area contributed by atoms with Gasteiger partial charge in [0.05, 0.1) is 11.3 Å². The van der Waals surface area contributed by atoms with Gasteiger partial charge < -0.3 is 5.32 Å². The van der Waals surface area contributed by atoms with Crippen LogP contribution in [0.5, 0.6) is 0 Å². The van der Waals surface area contributed by atoms with E-state index in [0.29, 0.717) is 0 Å². The summed E-state index contributed by atoms with van der Waals surface area (Å²) in [5.74, 6) is -0.193. The molecule has 1 amide bonds. The fourth-order valence-electron chi connectivity index (χ4n) is 3.32. The summed E-state index contributed by atoms with van der Waals surface area (Å²) in [6.45, 7) is 0. The van der Waals surface area contributed by atoms with Crippen LogP contribution in [0.4, 0.5) is 17.3 Å². The number of nitro groups is 1. The predicted molar refractivity (Wildman–Crippen MR) is 106 cm³/mol. The van der Waals surface area contributed by atoms with Crippen molar-refractivity contribution in [2.24, 2.45) is 0 Å². The van der Waals surface area contributed by atoms with Crippen LogP contribution in [0.15, 0.2) is 36.7 Å². The first-order valence-corrected chi connectivity index (χ1v) is 9.48. The number of hydrogen-bond donors (Lipinski definition) is 3. The Hall–Kier alpha value is -3.23. The summed E-state index contributed by atoms with van der Waals surface area (Å²) >= 11 is 0. The first-order chi connectivity index (χ1) is 13.6. The van der Waals surface area contributed by atoms with Crippen molar-refractivity contribution in [3.8, 4) is 0 Å². The summed E-state index contributed by atoms with van der Waals surface area (Å²) in [6.07, 6.45) is 7.87. The van der Waals surface area contributed by atoms with Gasteiger partial charge in [-0.15, -0.1) is 0 Å². The van der Waals surface area contributed by atoms with Crippen LogP contribution in [0, 0.1) is 10.1 Å². The smallest absolute Gasteiger partial charge is 0.354 e. The van der Waals surface area contributed by atoms with Crippen molar-refractivity contribution >= 4 is 23.2 Å². The second-order valence-corrected chi connectivity index (χ2v) is 6.84. The highest BCUT2D eigenvalue weighted by Crippen LogP contribution is 2.30. The fourth-order valence-corrected chi connectivity index (χ4v) is 3.32. The van der Waals surface area contributed by atoms with Gasteiger partial charge in [-0.25, -0.2) is 9.97 Å². The molecule has 0 saturated heterocycles. The maximum atomic E-state index is 12.1. The van der Waals surface area contributed by atoms with E-state index in [-0.39, 0.29) is 35.7 Å². The molecular formula is C19H24N6O3. The van der Waals surface area contributed by atoms with E-state index in [0.717, 1.165) is 31.2 Å². The Morgan fingerprint density at radius 1 is 1.07 bits per heavy atom. The number of carbonyl (C=O) groups is 1. The number of rotatable bonds is 7. The van der Waals surface area contributed by atoms with Crippen LogP contribution in [0.25, 0.3) is 0 Å². The molecule has 1 aromatic carbocycles. The Balaban J connectivity index is 1.68. The molecule has 1 fully saturated rings. The number of carbonyl (C=O) groups excluding carboxylic acids is 1. The summed E-state index contributed by atoms with van der Waals surface area (Å²) < 4.78 is 0. The number of amides is 1. The van der Waals surface area contributed by atoms with Crippen molar-refractivity contribution in [1.82, 2.24) is 15.4 Å². The van der Waals surface area contributed by atoms with E-state index in [2.05, 4.69) is 26.1 Å². The van der Waals surface area contributed by atoms with Gasteiger partial charge in [0.15, 0.2) is 0 Å². The average Bonchev–Trinajstić information content (AvgIpc) is 2.96. The highest BCUT2D eigenvalue weighted by Gasteiger charge is 2.25. The van der Waals surface area contributed by atoms with E-state index in [9.17, 15) is 14.9 Å². The number of anilines is 2. The Kier molecular flexibility index (Phi) is 6.72. The number of nitrogens with zero attached hydrogens (tertiary/aromatic N) is 3. The molecule has 0 aliphatic heterocycles. The Labute approximate surface area is 163 Å². The molecule has 3 rings (SSSR count). The van der Waals surface area contributed by atoms with E-state index >= 15 is 0 Å². The number of nitrogens with one attached hydrogen (secondary N) is 3. The van der Waals surface area contributed by atoms with Crippen molar-refractivity contribution in [3.63, 3.8) is 0 Å². The summed E-state index contributed by atoms with van der Waals surface area (Å²) in [5, 5.41) is 14.8. The van der Waals surface area contributed by atoms with Crippen molar-refractivity contribution in [3.05, 3.63) is 52.3 Å². The minimum absolute atomic E-state index is 0.0440. The van der Waals surface area contributed by atoms with Gasteiger partial charge in [-0.3, -0.25) is 25.8 Å². The van der Waals surface area contributed by atoms with Gasteiger partial charge >= 0.3 is 5.69 Å². The fraction of sp³-hybridized carbons (Fsp3) is 0.421. The van der Waals surface area contributed by atoms with Crippen molar-refractivity contribution in [2.75, 3.05) is 10.7 Å². The van der Waals surface area contributed by atoms with Crippen LogP contribution in [0.3, 0.4) is 0 Å². The van der Waals surface area contributed by atoms with Crippen molar-refractivity contribution in [2.45, 2.75) is 51.0 Å². The molecule has 9 heteroatoms. The first kappa shape index (κ1) is 19.5. The molecular weight excluding hydrogens is 360 g/mol. The lowest BCUT2D eigenvalue weighted by atomic mass is 10.1. The number of hydrazine groups is 1. The highest BCUT2D eigenvalue weighted by molar-refractivity contribution is 5.81. The number of benzene rings is 1. The van der Waals surface area contributed by atoms with Crippen LogP contribution in [-0.4, -0.2) is 26.8 Å². The van der Waals surface area contributed by atoms with Gasteiger partial charge in [-0.1, -0.05) is 56.0 Å². The zero-order valence-electron chi connectivity index (χ0n) is 15.6. The summed E-state index contributed by atoms with van der Waals surface area (Å²) in [5.41, 5.74) is 5.62. The summed E-state index contributed by atoms with van der Waals surface area (Å²) in [4.78, 5) is 31.2. The number of aromatic nitrogens is 2. The molecule has 28 heavy (non-hydrogen) atoms. The molecule has 0 bridgehead atoms. The molecule has 0 atom stereocenters. The van der Waals surface area contributed by atoms with Crippen molar-refractivity contribution in [1.29, 1.82) is 0 Å². The lowest BCUT2D eigenvalue weighted by molar-refractivity contribution is -0.383. The zero-order chi connectivity index (χ0) is 19.8. The SMILES string of the molecule is O=C(Cc1ccccc1)NNc1ncnc(NC2CCCCCC2)c1[N+](=O)[O-]. The Morgan fingerprint density at radius 3 is 2.43 bits per heavy atom. The second-order valence-electron chi connectivity index (χ2n) is 6.84. The van der Waals surface area contributed by atoms with Gasteiger partial charge in [0.2, 0.25) is 17.5 Å². The minimum atomic E-state index is -0.537. The third-order valence-electron chi connectivity index (χ3n) is 4.73. The topological polar surface area (TPSA) is 122 Å². The molecule has 9 nitrogen and oxygen atoms in total. The van der Waals surface area contributed by atoms with Crippen LogP contribution >= 0.6 is 0 Å². The molecule has 3 N–H and O–H groups in total. The quantitative estimate of drug-likeness (QED) is 0.380. The molecule has 1 aliphatic rings. The van der Waals surface area contributed by atoms with Gasteiger partial charge in [0.1, 0.15) is 6.33 Å². The van der Waals surface area contributed by atoms with E-state index in [1.54, 1.807) is 0 Å². The first-order valence-electron chi connectivity index (χ1n) is 9.48. The largest absolute Gasteiger partial charge is 0.361 e. The Bertz CT molecular complexity index is 807. The molecule has 0 spiro atoms. The van der Waals surface area contributed by atoms with Crippen LogP contribution < -0.4 is 16.2 Å². The summed E-state index contributed by atoms with van der Waals surface area (Å²) in [6, 6.07) is 9.38. The maximum Gasteiger partial charge on any atom is 0.354 e. The van der Waals surface area contributed by atoms with Crippen LogP contribution in [-0.2, 0) is 11.2 Å². The van der Waals surface area contributed by atoms with E-state index in [1.165, 1.54) is 19.2 Å². The van der Waals surface area contributed by atoms with Crippen LogP contribution in [0.2, 0.25) is 0 Å². The van der Waals surface area contributed by atoms with Gasteiger partial charge in [0.25, 0.3) is 0 Å². The molecule has 1 heterocycles. The average molecular weight is 384 g/mol. The normalized spacial score (nSPS) is 14.7. The molecule has 1 aliphatic carbocycles. The van der Waals surface area contributed by atoms with E-state index < -0.39 is 4.92 Å². The highest BCUT2D eigenvalue weighted by atomic mass is 16.6. The zero-order valence-corrected chi connectivity index (χ0v) is 15.6. The standard InChI is InChI=1S/C19H24N6O3/c26-16(12-14-8-4-3-5-9-14)23-24-19-17(25(27)28)18(20-13-21-19)22-15-10-6-1-2-7-11-15/h3-5,8-9,13,15H,1-2,6-7,10-12H2,(H,23,26)(H2,20,21,22,24). The Morgan fingerprint density at radius 2 is 1.75 bits per heavy atom. The van der Waals surface area contributed by atoms with Gasteiger partial charge in [-0.05, 0) is 18.4 Å². The van der Waals surface area contributed by atoms with Crippen molar-refractivity contribution < 1.29 is 9.72 Å². The van der Waals surface area contributed by atoms with E-state index in [4.69, 9.17) is 0 Å². The van der Waals surface area contributed by atoms with Crippen LogP contribution in [0.1, 0.15) is 44.1 Å². The summed E-state index contributed by atoms with van der Waals surface area (Å²) in [7, 11) is 0. The molecule has 0 unspecified atom stereocenters. The van der Waals surface area contributed by atoms with Gasteiger partial charge in [-0.2, -0.15) is 0 Å². The molecule has 2 aromatic rings. The third kappa shape index (κ3) is 5.38.